The van der Waals surface area contributed by atoms with Crippen molar-refractivity contribution in [1.29, 1.82) is 0 Å². The number of aliphatic imine (C=N–C) groups is 2. The molecule has 8 nitrogen and oxygen atoms in total. The molecule has 0 atom stereocenters. The fraction of sp³-hybridized carbons (Fsp3) is 0.889. The molecule has 0 aliphatic rings. The first-order valence-electron chi connectivity index (χ1n) is 9.94. The lowest BCUT2D eigenvalue weighted by molar-refractivity contribution is 0.212. The van der Waals surface area contributed by atoms with Gasteiger partial charge in [-0.2, -0.15) is 0 Å². The van der Waals surface area contributed by atoms with Crippen molar-refractivity contribution in [2.24, 2.45) is 9.98 Å². The van der Waals surface area contributed by atoms with Gasteiger partial charge in [0, 0.05) is 27.4 Å². The Bertz CT molecular complexity index is 434. The molecule has 0 unspecified atom stereocenters. The summed E-state index contributed by atoms with van der Waals surface area (Å²) in [6, 6.07) is 1.99. The van der Waals surface area contributed by atoms with Gasteiger partial charge >= 0.3 is 17.8 Å². The second kappa shape index (κ2) is 22.3. The largest absolute Gasteiger partial charge is 0.398 e. The van der Waals surface area contributed by atoms with Crippen LogP contribution in [0.3, 0.4) is 0 Å². The van der Waals surface area contributed by atoms with E-state index in [1.54, 1.807) is 20.3 Å². The highest BCUT2D eigenvalue weighted by Gasteiger charge is 2.27. The van der Waals surface area contributed by atoms with Gasteiger partial charge in [0.1, 0.15) is 0 Å². The van der Waals surface area contributed by atoms with Crippen LogP contribution in [0.25, 0.3) is 0 Å². The highest BCUT2D eigenvalue weighted by atomic mass is 28.4. The Balaban J connectivity index is 0. The number of unbranched alkanes of at least 4 members (excludes halogenated alkanes) is 3. The summed E-state index contributed by atoms with van der Waals surface area (Å²) in [4.78, 5) is 26.5. The van der Waals surface area contributed by atoms with Crippen LogP contribution in [-0.4, -0.2) is 70.5 Å². The van der Waals surface area contributed by atoms with Gasteiger partial charge in [-0.15, -0.1) is 0 Å². The van der Waals surface area contributed by atoms with Crippen LogP contribution in [0.1, 0.15) is 46.0 Å². The van der Waals surface area contributed by atoms with Crippen molar-refractivity contribution in [1.82, 2.24) is 0 Å². The molecular formula is C18H38N2O6Si2. The van der Waals surface area contributed by atoms with E-state index in [0.717, 1.165) is 57.4 Å². The molecule has 0 radical (unpaired) electrons. The molecule has 28 heavy (non-hydrogen) atoms. The number of nitrogens with zero attached hydrogens (tertiary/aromatic N) is 2. The minimum Gasteiger partial charge on any atom is -0.398 e. The van der Waals surface area contributed by atoms with Crippen LogP contribution >= 0.6 is 0 Å². The smallest absolute Gasteiger partial charge is 0.334 e. The van der Waals surface area contributed by atoms with Crippen LogP contribution < -0.4 is 0 Å². The standard InChI is InChI=1S/C10H21NO3Si.C8H17NO3Si/c1-3-13-15(14-4-2)9-7-5-6-8-11-10-12;1-11-13(3,12-2)7-5-4-6-9-8-10/h15H,3-9H2,1-2H3;4-7H2,1-3H3. The summed E-state index contributed by atoms with van der Waals surface area (Å²) in [5.74, 6) is 0. The third-order valence-corrected chi connectivity index (χ3v) is 9.34. The van der Waals surface area contributed by atoms with Gasteiger partial charge in [-0.1, -0.05) is 12.8 Å². The number of hydrogen-bond donors (Lipinski definition) is 0. The monoisotopic (exact) mass is 434 g/mol. The highest BCUT2D eigenvalue weighted by molar-refractivity contribution is 6.65. The minimum absolute atomic E-state index is 0.557. The van der Waals surface area contributed by atoms with Crippen molar-refractivity contribution < 1.29 is 27.3 Å². The highest BCUT2D eigenvalue weighted by Crippen LogP contribution is 2.14. The second-order valence-electron chi connectivity index (χ2n) is 6.13. The summed E-state index contributed by atoms with van der Waals surface area (Å²) in [5, 5.41) is 0. The molecule has 0 aromatic rings. The van der Waals surface area contributed by atoms with E-state index in [2.05, 4.69) is 9.98 Å². The van der Waals surface area contributed by atoms with Crippen molar-refractivity contribution in [2.45, 2.75) is 64.6 Å². The summed E-state index contributed by atoms with van der Waals surface area (Å²) in [7, 11) is 0.0614. The molecule has 0 saturated heterocycles. The predicted molar refractivity (Wildman–Crippen MR) is 115 cm³/mol. The van der Waals surface area contributed by atoms with Gasteiger partial charge in [-0.05, 0) is 51.7 Å². The maximum atomic E-state index is 9.79. The van der Waals surface area contributed by atoms with Crippen LogP contribution in [0, 0.1) is 0 Å². The molecule has 0 aromatic heterocycles. The molecule has 10 heteroatoms. The molecule has 0 heterocycles. The lowest BCUT2D eigenvalue weighted by Crippen LogP contribution is -2.35. The van der Waals surface area contributed by atoms with Crippen LogP contribution in [0.2, 0.25) is 18.6 Å². The SMILES string of the molecule is CCO[SiH](CCCCCN=C=O)OCC.CO[Si](C)(CCCCN=C=O)OC. The zero-order chi connectivity index (χ0) is 21.5. The number of hydrogen-bond acceptors (Lipinski definition) is 8. The van der Waals surface area contributed by atoms with Gasteiger partial charge in [0.15, 0.2) is 0 Å². The Morgan fingerprint density at radius 2 is 1.32 bits per heavy atom. The maximum absolute atomic E-state index is 9.79. The lowest BCUT2D eigenvalue weighted by atomic mass is 10.2. The summed E-state index contributed by atoms with van der Waals surface area (Å²) < 4.78 is 21.7. The quantitative estimate of drug-likeness (QED) is 0.151. The molecule has 0 aromatic carbocycles. The molecule has 0 saturated carbocycles. The molecule has 0 fully saturated rings. The minimum atomic E-state index is -1.90. The molecule has 0 rings (SSSR count). The van der Waals surface area contributed by atoms with Crippen molar-refractivity contribution in [3.8, 4) is 0 Å². The van der Waals surface area contributed by atoms with Gasteiger partial charge in [0.25, 0.3) is 0 Å². The third kappa shape index (κ3) is 19.8. The second-order valence-corrected chi connectivity index (χ2v) is 11.8. The van der Waals surface area contributed by atoms with E-state index in [1.165, 1.54) is 6.08 Å². The van der Waals surface area contributed by atoms with Gasteiger partial charge in [0.05, 0.1) is 13.1 Å². The molecule has 0 spiro atoms. The predicted octanol–water partition coefficient (Wildman–Crippen LogP) is 3.25. The van der Waals surface area contributed by atoms with Crippen molar-refractivity contribution in [3.63, 3.8) is 0 Å². The van der Waals surface area contributed by atoms with E-state index in [9.17, 15) is 9.59 Å². The first-order chi connectivity index (χ1) is 13.5. The Morgan fingerprint density at radius 1 is 0.821 bits per heavy atom. The number of isocyanates is 2. The molecule has 0 bridgehead atoms. The maximum Gasteiger partial charge on any atom is 0.334 e. The lowest BCUT2D eigenvalue weighted by Gasteiger charge is -2.22. The number of rotatable bonds is 17. The fourth-order valence-electron chi connectivity index (χ4n) is 2.28. The van der Waals surface area contributed by atoms with E-state index < -0.39 is 17.8 Å². The summed E-state index contributed by atoms with van der Waals surface area (Å²) in [5.41, 5.74) is 0. The first-order valence-corrected chi connectivity index (χ1v) is 14.2. The Labute approximate surface area is 172 Å². The average Bonchev–Trinajstić information content (AvgIpc) is 2.71. The molecule has 0 N–H and O–H groups in total. The van der Waals surface area contributed by atoms with E-state index in [-0.39, 0.29) is 0 Å². The van der Waals surface area contributed by atoms with Crippen LogP contribution in [-0.2, 0) is 27.3 Å². The molecule has 164 valence electrons. The van der Waals surface area contributed by atoms with Crippen molar-refractivity contribution >= 4 is 30.0 Å². The van der Waals surface area contributed by atoms with Gasteiger partial charge in [-0.25, -0.2) is 19.6 Å². The Morgan fingerprint density at radius 3 is 1.75 bits per heavy atom. The zero-order valence-corrected chi connectivity index (χ0v) is 20.4. The first kappa shape index (κ1) is 29.2. The average molecular weight is 435 g/mol. The summed E-state index contributed by atoms with van der Waals surface area (Å²) in [6.07, 6.45) is 8.07. The van der Waals surface area contributed by atoms with E-state index in [0.29, 0.717) is 13.1 Å². The van der Waals surface area contributed by atoms with Gasteiger partial charge in [-0.3, -0.25) is 0 Å². The third-order valence-electron chi connectivity index (χ3n) is 4.06. The number of carbonyl (C=O) groups excluding carboxylic acids is 2. The molecule has 0 amide bonds. The summed E-state index contributed by atoms with van der Waals surface area (Å²) >= 11 is 0. The van der Waals surface area contributed by atoms with Crippen LogP contribution in [0.15, 0.2) is 9.98 Å². The van der Waals surface area contributed by atoms with Gasteiger partial charge < -0.3 is 17.7 Å². The molecule has 0 aliphatic carbocycles. The van der Waals surface area contributed by atoms with Crippen molar-refractivity contribution in [3.05, 3.63) is 0 Å². The Kier molecular flexibility index (Phi) is 23.3. The fourth-order valence-corrected chi connectivity index (χ4v) is 5.54. The zero-order valence-electron chi connectivity index (χ0n) is 18.2. The van der Waals surface area contributed by atoms with E-state index in [1.807, 2.05) is 20.4 Å². The molecule has 0 aliphatic heterocycles. The van der Waals surface area contributed by atoms with Gasteiger partial charge in [0.2, 0.25) is 12.2 Å². The van der Waals surface area contributed by atoms with Crippen LogP contribution in [0.5, 0.6) is 0 Å². The van der Waals surface area contributed by atoms with Crippen LogP contribution in [0.4, 0.5) is 0 Å². The molecular weight excluding hydrogens is 396 g/mol. The van der Waals surface area contributed by atoms with E-state index in [4.69, 9.17) is 17.7 Å². The summed E-state index contributed by atoms with van der Waals surface area (Å²) in [6.45, 7) is 8.66. The Hall–Kier alpha value is -0.966. The normalized spacial score (nSPS) is 10.6. The van der Waals surface area contributed by atoms with E-state index >= 15 is 0 Å². The topological polar surface area (TPSA) is 95.8 Å². The van der Waals surface area contributed by atoms with Crippen molar-refractivity contribution in [2.75, 3.05) is 40.5 Å².